The lowest BCUT2D eigenvalue weighted by Gasteiger charge is -2.37. The number of imide groups is 1. The SMILES string of the molecule is Cc1ccc2c(c1)C(=O)N(CCC(=O)NCC(c1ccccc1)N1CCC(C)CC1)C2=O. The first-order valence-electron chi connectivity index (χ1n) is 11.5. The van der Waals surface area contributed by atoms with Crippen molar-refractivity contribution in [2.24, 2.45) is 5.92 Å². The van der Waals surface area contributed by atoms with Gasteiger partial charge in [-0.05, 0) is 56.5 Å². The van der Waals surface area contributed by atoms with E-state index in [2.05, 4.69) is 29.3 Å². The van der Waals surface area contributed by atoms with Gasteiger partial charge in [-0.15, -0.1) is 0 Å². The lowest BCUT2D eigenvalue weighted by atomic mass is 9.95. The highest BCUT2D eigenvalue weighted by atomic mass is 16.2. The van der Waals surface area contributed by atoms with Crippen LogP contribution in [-0.2, 0) is 4.79 Å². The predicted molar refractivity (Wildman–Crippen MR) is 123 cm³/mol. The molecule has 1 fully saturated rings. The van der Waals surface area contributed by atoms with Gasteiger partial charge in [0.1, 0.15) is 0 Å². The van der Waals surface area contributed by atoms with Gasteiger partial charge >= 0.3 is 0 Å². The lowest BCUT2D eigenvalue weighted by molar-refractivity contribution is -0.121. The Kier molecular flexibility index (Phi) is 6.70. The zero-order valence-corrected chi connectivity index (χ0v) is 18.8. The predicted octanol–water partition coefficient (Wildman–Crippen LogP) is 3.57. The maximum Gasteiger partial charge on any atom is 0.261 e. The quantitative estimate of drug-likeness (QED) is 0.678. The second-order valence-corrected chi connectivity index (χ2v) is 9.01. The highest BCUT2D eigenvalue weighted by molar-refractivity contribution is 6.21. The van der Waals surface area contributed by atoms with Crippen molar-refractivity contribution in [1.82, 2.24) is 15.1 Å². The van der Waals surface area contributed by atoms with Crippen molar-refractivity contribution >= 4 is 17.7 Å². The van der Waals surface area contributed by atoms with Crippen molar-refractivity contribution in [3.63, 3.8) is 0 Å². The minimum atomic E-state index is -0.317. The third-order valence-electron chi connectivity index (χ3n) is 6.62. The van der Waals surface area contributed by atoms with Crippen LogP contribution in [0, 0.1) is 12.8 Å². The van der Waals surface area contributed by atoms with Gasteiger partial charge in [0.25, 0.3) is 11.8 Å². The summed E-state index contributed by atoms with van der Waals surface area (Å²) in [7, 11) is 0. The Labute approximate surface area is 189 Å². The van der Waals surface area contributed by atoms with Gasteiger partial charge in [-0.25, -0.2) is 0 Å². The second-order valence-electron chi connectivity index (χ2n) is 9.01. The van der Waals surface area contributed by atoms with Crippen LogP contribution in [0.25, 0.3) is 0 Å². The highest BCUT2D eigenvalue weighted by Gasteiger charge is 2.35. The molecule has 0 aromatic heterocycles. The third kappa shape index (κ3) is 4.75. The molecule has 2 aromatic carbocycles. The van der Waals surface area contributed by atoms with Crippen LogP contribution < -0.4 is 5.32 Å². The molecule has 3 amide bonds. The minimum Gasteiger partial charge on any atom is -0.354 e. The number of likely N-dealkylation sites (tertiary alicyclic amines) is 1. The number of piperidine rings is 1. The minimum absolute atomic E-state index is 0.0917. The molecule has 0 aliphatic carbocycles. The van der Waals surface area contributed by atoms with Crippen LogP contribution in [0.5, 0.6) is 0 Å². The van der Waals surface area contributed by atoms with E-state index in [1.165, 1.54) is 10.5 Å². The summed E-state index contributed by atoms with van der Waals surface area (Å²) in [6.45, 7) is 6.82. The molecule has 2 heterocycles. The van der Waals surface area contributed by atoms with E-state index in [4.69, 9.17) is 0 Å². The van der Waals surface area contributed by atoms with Crippen LogP contribution in [0.4, 0.5) is 0 Å². The van der Waals surface area contributed by atoms with Gasteiger partial charge < -0.3 is 5.32 Å². The molecule has 6 nitrogen and oxygen atoms in total. The Morgan fingerprint density at radius 3 is 2.44 bits per heavy atom. The molecule has 1 atom stereocenters. The van der Waals surface area contributed by atoms with Crippen LogP contribution in [0.3, 0.4) is 0 Å². The van der Waals surface area contributed by atoms with Crippen LogP contribution >= 0.6 is 0 Å². The lowest BCUT2D eigenvalue weighted by Crippen LogP contribution is -2.42. The molecule has 6 heteroatoms. The standard InChI is InChI=1S/C26H31N3O3/c1-18-10-13-28(14-11-18)23(20-6-4-3-5-7-20)17-27-24(30)12-15-29-25(31)21-9-8-19(2)16-22(21)26(29)32/h3-9,16,18,23H,10-15,17H2,1-2H3,(H,27,30). The number of hydrogen-bond acceptors (Lipinski definition) is 4. The van der Waals surface area contributed by atoms with Crippen molar-refractivity contribution in [1.29, 1.82) is 0 Å². The number of hydrogen-bond donors (Lipinski definition) is 1. The monoisotopic (exact) mass is 433 g/mol. The number of rotatable bonds is 7. The number of aryl methyl sites for hydroxylation is 1. The van der Waals surface area contributed by atoms with E-state index in [1.54, 1.807) is 12.1 Å². The van der Waals surface area contributed by atoms with Crippen LogP contribution in [0.2, 0.25) is 0 Å². The summed E-state index contributed by atoms with van der Waals surface area (Å²) < 4.78 is 0. The summed E-state index contributed by atoms with van der Waals surface area (Å²) in [6.07, 6.45) is 2.43. The van der Waals surface area contributed by atoms with Crippen molar-refractivity contribution < 1.29 is 14.4 Å². The van der Waals surface area contributed by atoms with E-state index in [1.807, 2.05) is 31.2 Å². The van der Waals surface area contributed by atoms with Gasteiger partial charge in [0.05, 0.1) is 17.2 Å². The van der Waals surface area contributed by atoms with E-state index in [-0.39, 0.29) is 36.7 Å². The molecule has 2 aliphatic heterocycles. The second kappa shape index (κ2) is 9.65. The molecule has 0 radical (unpaired) electrons. The Hall–Kier alpha value is -2.99. The normalized spacial score (nSPS) is 18.0. The van der Waals surface area contributed by atoms with Crippen LogP contribution in [0.1, 0.15) is 64.1 Å². The molecule has 0 saturated carbocycles. The zero-order valence-electron chi connectivity index (χ0n) is 18.8. The molecule has 2 aliphatic rings. The van der Waals surface area contributed by atoms with E-state index in [0.29, 0.717) is 17.7 Å². The Morgan fingerprint density at radius 2 is 1.72 bits per heavy atom. The molecular formula is C26H31N3O3. The van der Waals surface area contributed by atoms with Crippen molar-refractivity contribution in [2.45, 2.75) is 39.2 Å². The summed E-state index contributed by atoms with van der Waals surface area (Å²) >= 11 is 0. The summed E-state index contributed by atoms with van der Waals surface area (Å²) in [6, 6.07) is 15.6. The Balaban J connectivity index is 1.35. The van der Waals surface area contributed by atoms with Crippen LogP contribution in [0.15, 0.2) is 48.5 Å². The van der Waals surface area contributed by atoms with Crippen molar-refractivity contribution in [3.8, 4) is 0 Å². The third-order valence-corrected chi connectivity index (χ3v) is 6.62. The van der Waals surface area contributed by atoms with Crippen molar-refractivity contribution in [3.05, 3.63) is 70.8 Å². The maximum absolute atomic E-state index is 12.6. The average molecular weight is 434 g/mol. The number of carbonyl (C=O) groups excluding carboxylic acids is 3. The van der Waals surface area contributed by atoms with Gasteiger partial charge in [0.2, 0.25) is 5.91 Å². The van der Waals surface area contributed by atoms with Gasteiger partial charge in [-0.2, -0.15) is 0 Å². The first-order valence-corrected chi connectivity index (χ1v) is 11.5. The molecule has 1 saturated heterocycles. The van der Waals surface area contributed by atoms with Gasteiger partial charge in [-0.3, -0.25) is 24.2 Å². The molecule has 4 rings (SSSR count). The van der Waals surface area contributed by atoms with Gasteiger partial charge in [0, 0.05) is 19.5 Å². The number of amides is 3. The molecule has 32 heavy (non-hydrogen) atoms. The molecule has 168 valence electrons. The number of fused-ring (bicyclic) bond motifs is 1. The molecule has 1 unspecified atom stereocenters. The topological polar surface area (TPSA) is 69.7 Å². The summed E-state index contributed by atoms with van der Waals surface area (Å²) in [4.78, 5) is 41.5. The molecular weight excluding hydrogens is 402 g/mol. The van der Waals surface area contributed by atoms with Gasteiger partial charge in [0.15, 0.2) is 0 Å². The number of nitrogens with zero attached hydrogens (tertiary/aromatic N) is 2. The molecule has 0 bridgehead atoms. The number of carbonyl (C=O) groups is 3. The van der Waals surface area contributed by atoms with Gasteiger partial charge in [-0.1, -0.05) is 48.9 Å². The van der Waals surface area contributed by atoms with E-state index >= 15 is 0 Å². The van der Waals surface area contributed by atoms with Crippen LogP contribution in [-0.4, -0.2) is 53.7 Å². The average Bonchev–Trinajstić information content (AvgIpc) is 3.03. The molecule has 0 spiro atoms. The smallest absolute Gasteiger partial charge is 0.261 e. The van der Waals surface area contributed by atoms with E-state index < -0.39 is 0 Å². The first kappa shape index (κ1) is 22.2. The molecule has 2 aromatic rings. The summed E-state index contributed by atoms with van der Waals surface area (Å²) in [5.74, 6) is -0.0433. The zero-order chi connectivity index (χ0) is 22.7. The first-order chi connectivity index (χ1) is 15.4. The number of nitrogens with one attached hydrogen (secondary N) is 1. The summed E-state index contributed by atoms with van der Waals surface area (Å²) in [5, 5.41) is 3.04. The van der Waals surface area contributed by atoms with E-state index in [0.717, 1.165) is 37.4 Å². The Morgan fingerprint density at radius 1 is 1.03 bits per heavy atom. The number of benzene rings is 2. The largest absolute Gasteiger partial charge is 0.354 e. The fraction of sp³-hybridized carbons (Fsp3) is 0.423. The fourth-order valence-electron chi connectivity index (χ4n) is 4.59. The van der Waals surface area contributed by atoms with Crippen molar-refractivity contribution in [2.75, 3.05) is 26.2 Å². The highest BCUT2D eigenvalue weighted by Crippen LogP contribution is 2.27. The summed E-state index contributed by atoms with van der Waals surface area (Å²) in [5.41, 5.74) is 2.98. The van der Waals surface area contributed by atoms with E-state index in [9.17, 15) is 14.4 Å². The fourth-order valence-corrected chi connectivity index (χ4v) is 4.59. The molecule has 1 N–H and O–H groups in total. The Bertz CT molecular complexity index is 997. The maximum atomic E-state index is 12.6.